The van der Waals surface area contributed by atoms with Crippen molar-refractivity contribution in [3.63, 3.8) is 0 Å². The van der Waals surface area contributed by atoms with Gasteiger partial charge in [-0.15, -0.1) is 0 Å². The molecule has 4 rings (SSSR count). The highest BCUT2D eigenvalue weighted by Gasteiger charge is 2.23. The van der Waals surface area contributed by atoms with Gasteiger partial charge in [-0.3, -0.25) is 0 Å². The van der Waals surface area contributed by atoms with Crippen molar-refractivity contribution >= 4 is 0 Å². The van der Waals surface area contributed by atoms with E-state index < -0.39 is 0 Å². The molecule has 0 radical (unpaired) electrons. The maximum Gasteiger partial charge on any atom is 0.214 e. The second-order valence-corrected chi connectivity index (χ2v) is 9.47. The van der Waals surface area contributed by atoms with Crippen molar-refractivity contribution in [2.24, 2.45) is 0 Å². The molecule has 0 unspecified atom stereocenters. The Balaban J connectivity index is 0.00000289. The van der Waals surface area contributed by atoms with Gasteiger partial charge in [0.1, 0.15) is 0 Å². The smallest absolute Gasteiger partial charge is 0.167 e. The third-order valence-electron chi connectivity index (χ3n) is 5.82. The van der Waals surface area contributed by atoms with E-state index in [9.17, 15) is 0 Å². The standard InChI is InChI=1S/C29H32N2.CH4/c1-22(2)25-10-6-8-12-27(25)30-18-14-23(15-19-30)24-16-20-31(21-17-24)28-13-9-7-11-26(28)29(3,4)5;/h6-22H,1-5H3;1H4/q+2;. The van der Waals surface area contributed by atoms with Gasteiger partial charge in [0.05, 0.1) is 0 Å². The molecular formula is C30H36N2+2. The fraction of sp³-hybridized carbons (Fsp3) is 0.267. The number of hydrogen-bond acceptors (Lipinski definition) is 0. The second kappa shape index (κ2) is 9.48. The average molecular weight is 425 g/mol. The van der Waals surface area contributed by atoms with Crippen LogP contribution in [0.3, 0.4) is 0 Å². The highest BCUT2D eigenvalue weighted by Crippen LogP contribution is 2.26. The van der Waals surface area contributed by atoms with Gasteiger partial charge in [0, 0.05) is 47.5 Å². The summed E-state index contributed by atoms with van der Waals surface area (Å²) >= 11 is 0. The van der Waals surface area contributed by atoms with Crippen molar-refractivity contribution in [1.29, 1.82) is 0 Å². The first-order valence-electron chi connectivity index (χ1n) is 11.1. The van der Waals surface area contributed by atoms with Gasteiger partial charge in [-0.25, -0.2) is 0 Å². The number of pyridine rings is 2. The van der Waals surface area contributed by atoms with E-state index in [1.165, 1.54) is 33.6 Å². The Morgan fingerprint density at radius 1 is 0.594 bits per heavy atom. The predicted molar refractivity (Wildman–Crippen MR) is 134 cm³/mol. The summed E-state index contributed by atoms with van der Waals surface area (Å²) < 4.78 is 4.42. The molecule has 2 aromatic heterocycles. The molecule has 0 saturated heterocycles. The van der Waals surface area contributed by atoms with Crippen LogP contribution >= 0.6 is 0 Å². The molecule has 164 valence electrons. The molecule has 0 aliphatic carbocycles. The number of nitrogens with zero attached hydrogens (tertiary/aromatic N) is 2. The van der Waals surface area contributed by atoms with Crippen LogP contribution in [-0.4, -0.2) is 0 Å². The number of aromatic nitrogens is 2. The molecule has 0 bridgehead atoms. The topological polar surface area (TPSA) is 7.76 Å². The molecule has 0 atom stereocenters. The van der Waals surface area contributed by atoms with Gasteiger partial charge >= 0.3 is 0 Å². The highest BCUT2D eigenvalue weighted by atomic mass is 14.9. The third kappa shape index (κ3) is 4.80. The Morgan fingerprint density at radius 3 is 1.53 bits per heavy atom. The Labute approximate surface area is 193 Å². The zero-order valence-corrected chi connectivity index (χ0v) is 19.2. The van der Waals surface area contributed by atoms with Crippen molar-refractivity contribution in [3.8, 4) is 22.5 Å². The molecule has 0 saturated carbocycles. The van der Waals surface area contributed by atoms with Crippen LogP contribution in [0.15, 0.2) is 97.6 Å². The molecule has 0 amide bonds. The fourth-order valence-corrected chi connectivity index (χ4v) is 4.10. The van der Waals surface area contributed by atoms with E-state index in [2.05, 4.69) is 141 Å². The summed E-state index contributed by atoms with van der Waals surface area (Å²) in [6.07, 6.45) is 8.64. The van der Waals surface area contributed by atoms with Crippen molar-refractivity contribution in [3.05, 3.63) is 109 Å². The van der Waals surface area contributed by atoms with Crippen molar-refractivity contribution in [2.75, 3.05) is 0 Å². The minimum Gasteiger partial charge on any atom is -0.167 e. The van der Waals surface area contributed by atoms with Crippen LogP contribution < -0.4 is 9.13 Å². The predicted octanol–water partition coefficient (Wildman–Crippen LogP) is 6.96. The van der Waals surface area contributed by atoms with E-state index in [0.29, 0.717) is 5.92 Å². The quantitative estimate of drug-likeness (QED) is 0.313. The lowest BCUT2D eigenvalue weighted by molar-refractivity contribution is -0.596. The Hall–Kier alpha value is -3.26. The number of rotatable bonds is 4. The summed E-state index contributed by atoms with van der Waals surface area (Å²) in [5.74, 6) is 0.490. The van der Waals surface area contributed by atoms with Crippen LogP contribution in [-0.2, 0) is 5.41 Å². The van der Waals surface area contributed by atoms with E-state index >= 15 is 0 Å². The summed E-state index contributed by atoms with van der Waals surface area (Å²) in [5, 5.41) is 0. The molecule has 0 N–H and O–H groups in total. The summed E-state index contributed by atoms with van der Waals surface area (Å²) in [6, 6.07) is 26.0. The molecule has 0 spiro atoms. The van der Waals surface area contributed by atoms with Crippen LogP contribution in [0.25, 0.3) is 22.5 Å². The molecule has 4 aromatic rings. The van der Waals surface area contributed by atoms with Crippen molar-refractivity contribution < 1.29 is 9.13 Å². The summed E-state index contributed by atoms with van der Waals surface area (Å²) in [7, 11) is 0. The SMILES string of the molecule is C.CC(C)c1ccccc1-[n+]1ccc(-c2cc[n+](-c3ccccc3C(C)(C)C)cc2)cc1. The van der Waals surface area contributed by atoms with Gasteiger partial charge < -0.3 is 0 Å². The first-order valence-corrected chi connectivity index (χ1v) is 11.1. The summed E-state index contributed by atoms with van der Waals surface area (Å²) in [4.78, 5) is 0. The van der Waals surface area contributed by atoms with Gasteiger partial charge in [0.15, 0.2) is 24.8 Å². The molecule has 0 aliphatic rings. The van der Waals surface area contributed by atoms with E-state index in [0.717, 1.165) is 0 Å². The van der Waals surface area contributed by atoms with Crippen molar-refractivity contribution in [1.82, 2.24) is 0 Å². The zero-order valence-electron chi connectivity index (χ0n) is 19.2. The fourth-order valence-electron chi connectivity index (χ4n) is 4.10. The second-order valence-electron chi connectivity index (χ2n) is 9.47. The van der Waals surface area contributed by atoms with Gasteiger partial charge in [-0.1, -0.05) is 78.4 Å². The monoisotopic (exact) mass is 424 g/mol. The number of benzene rings is 2. The normalized spacial score (nSPS) is 11.3. The van der Waals surface area contributed by atoms with Gasteiger partial charge in [0.2, 0.25) is 11.4 Å². The maximum atomic E-state index is 2.26. The lowest BCUT2D eigenvalue weighted by Gasteiger charge is -2.19. The third-order valence-corrected chi connectivity index (χ3v) is 5.82. The molecule has 2 nitrogen and oxygen atoms in total. The molecule has 0 fully saturated rings. The van der Waals surface area contributed by atoms with E-state index in [1.54, 1.807) is 0 Å². The van der Waals surface area contributed by atoms with Crippen LogP contribution in [0.1, 0.15) is 59.1 Å². The first-order chi connectivity index (χ1) is 14.8. The van der Waals surface area contributed by atoms with E-state index in [-0.39, 0.29) is 12.8 Å². The molecule has 0 aliphatic heterocycles. The molecule has 32 heavy (non-hydrogen) atoms. The molecular weight excluding hydrogens is 388 g/mol. The summed E-state index contributed by atoms with van der Waals surface area (Å²) in [6.45, 7) is 11.3. The number of para-hydroxylation sites is 2. The van der Waals surface area contributed by atoms with Crippen LogP contribution in [0, 0.1) is 0 Å². The molecule has 2 heterocycles. The maximum absolute atomic E-state index is 2.26. The molecule has 2 aromatic carbocycles. The van der Waals surface area contributed by atoms with Crippen LogP contribution in [0.2, 0.25) is 0 Å². The van der Waals surface area contributed by atoms with E-state index in [4.69, 9.17) is 0 Å². The van der Waals surface area contributed by atoms with Gasteiger partial charge in [0.25, 0.3) is 0 Å². The lowest BCUT2D eigenvalue weighted by Crippen LogP contribution is -2.33. The van der Waals surface area contributed by atoms with Crippen LogP contribution in [0.5, 0.6) is 0 Å². The van der Waals surface area contributed by atoms with E-state index in [1.807, 2.05) is 0 Å². The van der Waals surface area contributed by atoms with Crippen molar-refractivity contribution in [2.45, 2.75) is 53.4 Å². The number of hydrogen-bond donors (Lipinski definition) is 0. The molecule has 2 heteroatoms. The first kappa shape index (κ1) is 23.4. The van der Waals surface area contributed by atoms with Gasteiger partial charge in [-0.2, -0.15) is 9.13 Å². The summed E-state index contributed by atoms with van der Waals surface area (Å²) in [5.41, 5.74) is 7.72. The zero-order chi connectivity index (χ0) is 22.0. The lowest BCUT2D eigenvalue weighted by atomic mass is 9.85. The minimum absolute atomic E-state index is 0. The Bertz CT molecular complexity index is 1160. The Kier molecular flexibility index (Phi) is 6.93. The highest BCUT2D eigenvalue weighted by molar-refractivity contribution is 5.61. The van der Waals surface area contributed by atoms with Gasteiger partial charge in [-0.05, 0) is 22.5 Å². The Morgan fingerprint density at radius 2 is 1.03 bits per heavy atom. The largest absolute Gasteiger partial charge is 0.214 e. The average Bonchev–Trinajstić information content (AvgIpc) is 2.79. The van der Waals surface area contributed by atoms with Crippen LogP contribution in [0.4, 0.5) is 0 Å². The minimum atomic E-state index is 0.